The Hall–Kier alpha value is -1.22. The first kappa shape index (κ1) is 24.8. The number of methoxy groups -OCH3 is 2. The molecule has 6 nitrogen and oxygen atoms in total. The Balaban J connectivity index is 0.00000625. The number of nitrogens with zero attached hydrogens (tertiary/aromatic N) is 1. The van der Waals surface area contributed by atoms with Crippen LogP contribution in [0.25, 0.3) is 0 Å². The fourth-order valence-corrected chi connectivity index (χ4v) is 2.44. The van der Waals surface area contributed by atoms with E-state index in [0.29, 0.717) is 19.7 Å². The molecule has 0 bridgehead atoms. The molecule has 0 spiro atoms. The number of rotatable bonds is 8. The summed E-state index contributed by atoms with van der Waals surface area (Å²) >= 11 is 0. The normalized spacial score (nSPS) is 12.8. The summed E-state index contributed by atoms with van der Waals surface area (Å²) in [4.78, 5) is 4.27. The zero-order chi connectivity index (χ0) is 18.9. The number of ether oxygens (including phenoxy) is 3. The second-order valence-corrected chi connectivity index (χ2v) is 6.82. The van der Waals surface area contributed by atoms with Gasteiger partial charge < -0.3 is 24.8 Å². The molecule has 1 unspecified atom stereocenters. The predicted molar refractivity (Wildman–Crippen MR) is 118 cm³/mol. The maximum absolute atomic E-state index is 5.62. The van der Waals surface area contributed by atoms with Gasteiger partial charge in [0.2, 0.25) is 0 Å². The van der Waals surface area contributed by atoms with Crippen molar-refractivity contribution >= 4 is 29.9 Å². The number of nitrogens with one attached hydrogen (secondary N) is 2. The van der Waals surface area contributed by atoms with Crippen molar-refractivity contribution in [3.8, 4) is 11.5 Å². The quantitative estimate of drug-likeness (QED) is 0.340. The molecule has 7 heteroatoms. The molecule has 1 rings (SSSR count). The number of hydrogen-bond acceptors (Lipinski definition) is 4. The second kappa shape index (κ2) is 12.2. The van der Waals surface area contributed by atoms with E-state index < -0.39 is 0 Å². The molecule has 0 heterocycles. The summed E-state index contributed by atoms with van der Waals surface area (Å²) in [5, 5.41) is 6.63. The Labute approximate surface area is 175 Å². The molecule has 2 N–H and O–H groups in total. The van der Waals surface area contributed by atoms with E-state index in [9.17, 15) is 0 Å². The van der Waals surface area contributed by atoms with Gasteiger partial charge in [0.1, 0.15) is 0 Å². The van der Waals surface area contributed by atoms with Gasteiger partial charge in [-0.05, 0) is 30.0 Å². The van der Waals surface area contributed by atoms with Gasteiger partial charge in [-0.1, -0.05) is 26.8 Å². The summed E-state index contributed by atoms with van der Waals surface area (Å²) < 4.78 is 16.5. The monoisotopic (exact) mass is 479 g/mol. The molecule has 0 aliphatic rings. The SMILES string of the molecule is CCOc1cc(CNC(=NC)NCC(OC)C(C)(C)C)ccc1OC.I. The molecule has 0 saturated carbocycles. The lowest BCUT2D eigenvalue weighted by molar-refractivity contribution is 0.0205. The summed E-state index contributed by atoms with van der Waals surface area (Å²) in [6.45, 7) is 10.4. The molecule has 0 amide bonds. The number of benzene rings is 1. The first-order valence-corrected chi connectivity index (χ1v) is 8.62. The first-order chi connectivity index (χ1) is 11.8. The maximum atomic E-state index is 5.62. The molecule has 0 aliphatic heterocycles. The third kappa shape index (κ3) is 7.99. The van der Waals surface area contributed by atoms with E-state index in [2.05, 4.69) is 36.4 Å². The topological polar surface area (TPSA) is 64.1 Å². The van der Waals surface area contributed by atoms with Crippen LogP contribution >= 0.6 is 24.0 Å². The minimum absolute atomic E-state index is 0. The maximum Gasteiger partial charge on any atom is 0.191 e. The Kier molecular flexibility index (Phi) is 11.6. The summed E-state index contributed by atoms with van der Waals surface area (Å²) in [6, 6.07) is 5.91. The number of aliphatic imine (C=N–C) groups is 1. The smallest absolute Gasteiger partial charge is 0.191 e. The van der Waals surface area contributed by atoms with Crippen molar-refractivity contribution < 1.29 is 14.2 Å². The molecule has 0 aliphatic carbocycles. The highest BCUT2D eigenvalue weighted by Gasteiger charge is 2.24. The molecule has 0 aromatic heterocycles. The van der Waals surface area contributed by atoms with Gasteiger partial charge in [-0.25, -0.2) is 0 Å². The van der Waals surface area contributed by atoms with E-state index in [1.54, 1.807) is 21.3 Å². The van der Waals surface area contributed by atoms with Gasteiger partial charge in [0, 0.05) is 27.2 Å². The van der Waals surface area contributed by atoms with Crippen molar-refractivity contribution in [1.82, 2.24) is 10.6 Å². The molecular formula is C19H34IN3O3. The second-order valence-electron chi connectivity index (χ2n) is 6.82. The lowest BCUT2D eigenvalue weighted by atomic mass is 9.89. The highest BCUT2D eigenvalue weighted by molar-refractivity contribution is 14.0. The van der Waals surface area contributed by atoms with Crippen LogP contribution in [0.3, 0.4) is 0 Å². The van der Waals surface area contributed by atoms with Crippen molar-refractivity contribution in [3.05, 3.63) is 23.8 Å². The van der Waals surface area contributed by atoms with Crippen LogP contribution in [0.15, 0.2) is 23.2 Å². The Morgan fingerprint density at radius 2 is 1.85 bits per heavy atom. The minimum atomic E-state index is 0. The zero-order valence-corrected chi connectivity index (χ0v) is 19.3. The van der Waals surface area contributed by atoms with Crippen molar-refractivity contribution in [2.24, 2.45) is 10.4 Å². The van der Waals surface area contributed by atoms with Crippen LogP contribution in [-0.2, 0) is 11.3 Å². The highest BCUT2D eigenvalue weighted by Crippen LogP contribution is 2.28. The van der Waals surface area contributed by atoms with Gasteiger partial charge in [-0.2, -0.15) is 0 Å². The van der Waals surface area contributed by atoms with Crippen LogP contribution in [-0.4, -0.2) is 46.5 Å². The van der Waals surface area contributed by atoms with Crippen LogP contribution < -0.4 is 20.1 Å². The fourth-order valence-electron chi connectivity index (χ4n) is 2.44. The zero-order valence-electron chi connectivity index (χ0n) is 17.0. The molecular weight excluding hydrogens is 445 g/mol. The Morgan fingerprint density at radius 3 is 2.35 bits per heavy atom. The van der Waals surface area contributed by atoms with Crippen LogP contribution in [0.5, 0.6) is 11.5 Å². The van der Waals surface area contributed by atoms with Gasteiger partial charge in [-0.3, -0.25) is 4.99 Å². The molecule has 26 heavy (non-hydrogen) atoms. The standard InChI is InChI=1S/C19H33N3O3.HI/c1-8-25-16-11-14(9-10-15(16)23-6)12-21-18(20-5)22-13-17(24-7)19(2,3)4;/h9-11,17H,8,12-13H2,1-7H3,(H2,20,21,22);1H. The third-order valence-electron chi connectivity index (χ3n) is 3.92. The van der Waals surface area contributed by atoms with E-state index in [0.717, 1.165) is 23.0 Å². The largest absolute Gasteiger partial charge is 0.493 e. The molecule has 1 atom stereocenters. The predicted octanol–water partition coefficient (Wildman–Crippen LogP) is 3.44. The fraction of sp³-hybridized carbons (Fsp3) is 0.632. The van der Waals surface area contributed by atoms with Crippen LogP contribution in [0.1, 0.15) is 33.3 Å². The number of guanidine groups is 1. The summed E-state index contributed by atoms with van der Waals surface area (Å²) in [7, 11) is 5.14. The minimum Gasteiger partial charge on any atom is -0.493 e. The molecule has 1 aromatic rings. The molecule has 1 aromatic carbocycles. The summed E-state index contributed by atoms with van der Waals surface area (Å²) in [6.07, 6.45) is 0.0941. The average molecular weight is 479 g/mol. The van der Waals surface area contributed by atoms with Gasteiger partial charge in [0.25, 0.3) is 0 Å². The molecule has 0 saturated heterocycles. The van der Waals surface area contributed by atoms with E-state index in [-0.39, 0.29) is 35.5 Å². The van der Waals surface area contributed by atoms with Crippen molar-refractivity contribution in [2.45, 2.75) is 40.3 Å². The Morgan fingerprint density at radius 1 is 1.15 bits per heavy atom. The van der Waals surface area contributed by atoms with E-state index in [4.69, 9.17) is 14.2 Å². The summed E-state index contributed by atoms with van der Waals surface area (Å²) in [5.74, 6) is 2.22. The van der Waals surface area contributed by atoms with Gasteiger partial charge in [0.15, 0.2) is 17.5 Å². The number of halogens is 1. The first-order valence-electron chi connectivity index (χ1n) is 8.62. The lowest BCUT2D eigenvalue weighted by Crippen LogP contribution is -2.45. The van der Waals surface area contributed by atoms with E-state index in [1.165, 1.54) is 0 Å². The van der Waals surface area contributed by atoms with Gasteiger partial charge in [0.05, 0.1) is 19.8 Å². The highest BCUT2D eigenvalue weighted by atomic mass is 127. The van der Waals surface area contributed by atoms with Crippen molar-refractivity contribution in [1.29, 1.82) is 0 Å². The number of hydrogen-bond donors (Lipinski definition) is 2. The average Bonchev–Trinajstić information content (AvgIpc) is 2.57. The van der Waals surface area contributed by atoms with Gasteiger partial charge >= 0.3 is 0 Å². The van der Waals surface area contributed by atoms with E-state index >= 15 is 0 Å². The Bertz CT molecular complexity index is 559. The summed E-state index contributed by atoms with van der Waals surface area (Å²) in [5.41, 5.74) is 1.15. The third-order valence-corrected chi connectivity index (χ3v) is 3.92. The lowest BCUT2D eigenvalue weighted by Gasteiger charge is -2.30. The molecule has 0 radical (unpaired) electrons. The van der Waals surface area contributed by atoms with Gasteiger partial charge in [-0.15, -0.1) is 24.0 Å². The van der Waals surface area contributed by atoms with Crippen molar-refractivity contribution in [3.63, 3.8) is 0 Å². The van der Waals surface area contributed by atoms with Crippen molar-refractivity contribution in [2.75, 3.05) is 34.4 Å². The van der Waals surface area contributed by atoms with E-state index in [1.807, 2.05) is 25.1 Å². The van der Waals surface area contributed by atoms with Crippen LogP contribution in [0, 0.1) is 5.41 Å². The van der Waals surface area contributed by atoms with Crippen LogP contribution in [0.4, 0.5) is 0 Å². The molecule has 150 valence electrons. The molecule has 0 fully saturated rings. The van der Waals surface area contributed by atoms with Crippen LogP contribution in [0.2, 0.25) is 0 Å².